The van der Waals surface area contributed by atoms with E-state index in [0.717, 1.165) is 45.2 Å². The number of hydrogen-bond donors (Lipinski definition) is 0. The third-order valence-electron chi connectivity index (χ3n) is 3.82. The van der Waals surface area contributed by atoms with Gasteiger partial charge in [-0.25, -0.2) is 0 Å². The number of piperidine rings is 1. The van der Waals surface area contributed by atoms with Gasteiger partial charge in [-0.1, -0.05) is 27.2 Å². The second-order valence-corrected chi connectivity index (χ2v) is 5.62. The molecule has 110 valence electrons. The summed E-state index contributed by atoms with van der Waals surface area (Å²) in [6.07, 6.45) is 4.95. The molecule has 4 heteroatoms. The van der Waals surface area contributed by atoms with Crippen molar-refractivity contribution in [3.8, 4) is 0 Å². The number of hydrogen-bond acceptors (Lipinski definition) is 2. The van der Waals surface area contributed by atoms with Crippen molar-refractivity contribution in [2.45, 2.75) is 52.9 Å². The van der Waals surface area contributed by atoms with Crippen molar-refractivity contribution in [2.24, 2.45) is 5.92 Å². The van der Waals surface area contributed by atoms with Crippen LogP contribution in [0.5, 0.6) is 0 Å². The fraction of sp³-hybridized carbons (Fsp3) is 0.867. The van der Waals surface area contributed by atoms with E-state index >= 15 is 0 Å². The van der Waals surface area contributed by atoms with Crippen LogP contribution >= 0.6 is 0 Å². The highest BCUT2D eigenvalue weighted by atomic mass is 16.2. The predicted molar refractivity (Wildman–Crippen MR) is 76.8 cm³/mol. The average Bonchev–Trinajstić information content (AvgIpc) is 2.42. The standard InChI is InChI=1S/C15H28N2O2/c1-4-6-10-16(9-5-2)14(18)15(19)17-11-7-13(3)8-12-17/h13H,4-12H2,1-3H3. The van der Waals surface area contributed by atoms with Crippen LogP contribution in [0.3, 0.4) is 0 Å². The van der Waals surface area contributed by atoms with E-state index in [0.29, 0.717) is 19.0 Å². The summed E-state index contributed by atoms with van der Waals surface area (Å²) in [6.45, 7) is 9.21. The molecule has 0 radical (unpaired) electrons. The van der Waals surface area contributed by atoms with Crippen molar-refractivity contribution in [3.63, 3.8) is 0 Å². The maximum atomic E-state index is 12.3. The zero-order valence-electron chi connectivity index (χ0n) is 12.7. The van der Waals surface area contributed by atoms with E-state index in [1.54, 1.807) is 9.80 Å². The molecule has 0 aliphatic carbocycles. The third-order valence-corrected chi connectivity index (χ3v) is 3.82. The van der Waals surface area contributed by atoms with Crippen LogP contribution in [0.15, 0.2) is 0 Å². The SMILES string of the molecule is CCCCN(CCC)C(=O)C(=O)N1CCC(C)CC1. The summed E-state index contributed by atoms with van der Waals surface area (Å²) in [5.74, 6) is 0.0762. The summed E-state index contributed by atoms with van der Waals surface area (Å²) in [4.78, 5) is 27.9. The lowest BCUT2D eigenvalue weighted by Crippen LogP contribution is -2.48. The van der Waals surface area contributed by atoms with Gasteiger partial charge in [0.05, 0.1) is 0 Å². The normalized spacial score (nSPS) is 16.5. The monoisotopic (exact) mass is 268 g/mol. The molecular weight excluding hydrogens is 240 g/mol. The van der Waals surface area contributed by atoms with Crippen LogP contribution in [-0.2, 0) is 9.59 Å². The molecule has 4 nitrogen and oxygen atoms in total. The van der Waals surface area contributed by atoms with E-state index in [1.165, 1.54) is 0 Å². The van der Waals surface area contributed by atoms with Gasteiger partial charge in [0, 0.05) is 26.2 Å². The Labute approximate surface area is 117 Å². The van der Waals surface area contributed by atoms with E-state index in [2.05, 4.69) is 13.8 Å². The van der Waals surface area contributed by atoms with E-state index in [1.807, 2.05) is 6.92 Å². The molecule has 1 rings (SSSR count). The first-order valence-electron chi connectivity index (χ1n) is 7.68. The predicted octanol–water partition coefficient (Wildman–Crippen LogP) is 2.28. The van der Waals surface area contributed by atoms with Gasteiger partial charge in [0.15, 0.2) is 0 Å². The molecule has 0 saturated carbocycles. The lowest BCUT2D eigenvalue weighted by atomic mass is 9.99. The second kappa shape index (κ2) is 8.18. The van der Waals surface area contributed by atoms with Gasteiger partial charge in [-0.2, -0.15) is 0 Å². The highest BCUT2D eigenvalue weighted by Crippen LogP contribution is 2.16. The van der Waals surface area contributed by atoms with E-state index < -0.39 is 0 Å². The minimum Gasteiger partial charge on any atom is -0.334 e. The first-order valence-corrected chi connectivity index (χ1v) is 7.68. The average molecular weight is 268 g/mol. The van der Waals surface area contributed by atoms with Gasteiger partial charge in [0.2, 0.25) is 0 Å². The lowest BCUT2D eigenvalue weighted by molar-refractivity contribution is -0.152. The molecule has 0 atom stereocenters. The molecule has 2 amide bonds. The van der Waals surface area contributed by atoms with Crippen LogP contribution in [0, 0.1) is 5.92 Å². The molecule has 0 aromatic rings. The summed E-state index contributed by atoms with van der Waals surface area (Å²) in [5.41, 5.74) is 0. The molecule has 0 unspecified atom stereocenters. The minimum atomic E-state index is -0.301. The van der Waals surface area contributed by atoms with Crippen LogP contribution in [0.2, 0.25) is 0 Å². The third kappa shape index (κ3) is 4.84. The largest absolute Gasteiger partial charge is 0.334 e. The fourth-order valence-corrected chi connectivity index (χ4v) is 2.42. The van der Waals surface area contributed by atoms with Gasteiger partial charge in [0.1, 0.15) is 0 Å². The lowest BCUT2D eigenvalue weighted by Gasteiger charge is -2.31. The maximum Gasteiger partial charge on any atom is 0.312 e. The van der Waals surface area contributed by atoms with Crippen LogP contribution in [0.4, 0.5) is 0 Å². The van der Waals surface area contributed by atoms with E-state index in [4.69, 9.17) is 0 Å². The number of nitrogens with zero attached hydrogens (tertiary/aromatic N) is 2. The molecule has 0 bridgehead atoms. The van der Waals surface area contributed by atoms with Crippen molar-refractivity contribution in [1.82, 2.24) is 9.80 Å². The Morgan fingerprint density at radius 2 is 1.74 bits per heavy atom. The van der Waals surface area contributed by atoms with Crippen LogP contribution < -0.4 is 0 Å². The summed E-state index contributed by atoms with van der Waals surface area (Å²) in [6, 6.07) is 0. The molecule has 0 spiro atoms. The summed E-state index contributed by atoms with van der Waals surface area (Å²) < 4.78 is 0. The number of unbranched alkanes of at least 4 members (excludes halogenated alkanes) is 1. The first-order chi connectivity index (χ1) is 9.10. The van der Waals surface area contributed by atoms with Crippen LogP contribution in [0.1, 0.15) is 52.9 Å². The Bertz CT molecular complexity index is 297. The van der Waals surface area contributed by atoms with E-state index in [-0.39, 0.29) is 11.8 Å². The van der Waals surface area contributed by atoms with Crippen molar-refractivity contribution in [2.75, 3.05) is 26.2 Å². The van der Waals surface area contributed by atoms with Gasteiger partial charge >= 0.3 is 11.8 Å². The van der Waals surface area contributed by atoms with Crippen molar-refractivity contribution in [3.05, 3.63) is 0 Å². The fourth-order valence-electron chi connectivity index (χ4n) is 2.42. The Morgan fingerprint density at radius 1 is 1.11 bits per heavy atom. The minimum absolute atomic E-state index is 0.295. The Morgan fingerprint density at radius 3 is 2.26 bits per heavy atom. The van der Waals surface area contributed by atoms with Crippen molar-refractivity contribution >= 4 is 11.8 Å². The molecule has 0 aromatic carbocycles. The number of amides is 2. The molecule has 0 aromatic heterocycles. The topological polar surface area (TPSA) is 40.6 Å². The Kier molecular flexibility index (Phi) is 6.89. The molecule has 1 saturated heterocycles. The molecular formula is C15H28N2O2. The highest BCUT2D eigenvalue weighted by Gasteiger charge is 2.28. The van der Waals surface area contributed by atoms with Crippen LogP contribution in [-0.4, -0.2) is 47.8 Å². The first kappa shape index (κ1) is 16.0. The quantitative estimate of drug-likeness (QED) is 0.718. The van der Waals surface area contributed by atoms with Gasteiger partial charge in [-0.05, 0) is 31.6 Å². The molecule has 1 aliphatic heterocycles. The number of carbonyl (C=O) groups excluding carboxylic acids is 2. The molecule has 1 aliphatic rings. The summed E-state index contributed by atoms with van der Waals surface area (Å²) >= 11 is 0. The van der Waals surface area contributed by atoms with Crippen molar-refractivity contribution < 1.29 is 9.59 Å². The molecule has 19 heavy (non-hydrogen) atoms. The second-order valence-electron chi connectivity index (χ2n) is 5.62. The van der Waals surface area contributed by atoms with Gasteiger partial charge in [-0.15, -0.1) is 0 Å². The van der Waals surface area contributed by atoms with Crippen LogP contribution in [0.25, 0.3) is 0 Å². The van der Waals surface area contributed by atoms with Gasteiger partial charge in [0.25, 0.3) is 0 Å². The molecule has 1 fully saturated rings. The van der Waals surface area contributed by atoms with Gasteiger partial charge < -0.3 is 9.80 Å². The smallest absolute Gasteiger partial charge is 0.312 e. The van der Waals surface area contributed by atoms with Gasteiger partial charge in [-0.3, -0.25) is 9.59 Å². The summed E-state index contributed by atoms with van der Waals surface area (Å²) in [7, 11) is 0. The zero-order valence-corrected chi connectivity index (χ0v) is 12.7. The highest BCUT2D eigenvalue weighted by molar-refractivity contribution is 6.34. The molecule has 0 N–H and O–H groups in total. The Balaban J connectivity index is 2.54. The van der Waals surface area contributed by atoms with E-state index in [9.17, 15) is 9.59 Å². The summed E-state index contributed by atoms with van der Waals surface area (Å²) in [5, 5.41) is 0. The zero-order chi connectivity index (χ0) is 14.3. The Hall–Kier alpha value is -1.06. The maximum absolute atomic E-state index is 12.3. The number of rotatable bonds is 5. The number of likely N-dealkylation sites (tertiary alicyclic amines) is 1. The van der Waals surface area contributed by atoms with Crippen molar-refractivity contribution in [1.29, 1.82) is 0 Å². The molecule has 1 heterocycles. The number of carbonyl (C=O) groups is 2.